The van der Waals surface area contributed by atoms with Crippen molar-refractivity contribution in [2.24, 2.45) is 5.41 Å². The fourth-order valence-electron chi connectivity index (χ4n) is 2.72. The van der Waals surface area contributed by atoms with Crippen LogP contribution in [0, 0.1) is 11.2 Å². The fraction of sp³-hybridized carbons (Fsp3) is 0.562. The van der Waals surface area contributed by atoms with Crippen LogP contribution in [0.15, 0.2) is 18.2 Å². The maximum absolute atomic E-state index is 13.9. The zero-order valence-electron chi connectivity index (χ0n) is 13.0. The largest absolute Gasteiger partial charge is 0.379 e. The summed E-state index contributed by atoms with van der Waals surface area (Å²) in [5.74, 6) is -0.493. The smallest absolute Gasteiger partial charge is 0.221 e. The van der Waals surface area contributed by atoms with Crippen molar-refractivity contribution in [3.63, 3.8) is 0 Å². The Morgan fingerprint density at radius 3 is 2.76 bits per heavy atom. The van der Waals surface area contributed by atoms with Crippen LogP contribution in [0.3, 0.4) is 0 Å². The molecule has 0 radical (unpaired) electrons. The van der Waals surface area contributed by atoms with Crippen LogP contribution in [-0.2, 0) is 9.53 Å². The SMILES string of the molecule is CCOC1CC(Nc2cc(NC(C)=O)ccc2F)C1(C)C. The zero-order valence-corrected chi connectivity index (χ0v) is 13.0. The van der Waals surface area contributed by atoms with Crippen LogP contribution in [0.25, 0.3) is 0 Å². The monoisotopic (exact) mass is 294 g/mol. The van der Waals surface area contributed by atoms with Crippen LogP contribution >= 0.6 is 0 Å². The van der Waals surface area contributed by atoms with E-state index in [2.05, 4.69) is 24.5 Å². The summed E-state index contributed by atoms with van der Waals surface area (Å²) in [7, 11) is 0. The minimum Gasteiger partial charge on any atom is -0.379 e. The first kappa shape index (κ1) is 15.8. The van der Waals surface area contributed by atoms with Crippen LogP contribution in [0.4, 0.5) is 15.8 Å². The number of nitrogens with one attached hydrogen (secondary N) is 2. The molecule has 0 bridgehead atoms. The molecule has 2 unspecified atom stereocenters. The van der Waals surface area contributed by atoms with Gasteiger partial charge in [0.2, 0.25) is 5.91 Å². The molecule has 4 nitrogen and oxygen atoms in total. The number of anilines is 2. The first-order valence-electron chi connectivity index (χ1n) is 7.30. The summed E-state index contributed by atoms with van der Waals surface area (Å²) in [6.07, 6.45) is 1.05. The number of benzene rings is 1. The Morgan fingerprint density at radius 1 is 1.48 bits per heavy atom. The second-order valence-electron chi connectivity index (χ2n) is 6.07. The summed E-state index contributed by atoms with van der Waals surface area (Å²) in [6.45, 7) is 8.33. The van der Waals surface area contributed by atoms with Gasteiger partial charge in [-0.2, -0.15) is 0 Å². The van der Waals surface area contributed by atoms with Crippen molar-refractivity contribution in [2.45, 2.75) is 46.3 Å². The number of ether oxygens (including phenoxy) is 1. The predicted octanol–water partition coefficient (Wildman–Crippen LogP) is 3.40. The maximum atomic E-state index is 13.9. The number of halogens is 1. The van der Waals surface area contributed by atoms with E-state index in [-0.39, 0.29) is 29.3 Å². The molecule has 2 N–H and O–H groups in total. The molecule has 5 heteroatoms. The third kappa shape index (κ3) is 3.35. The number of carbonyl (C=O) groups excluding carboxylic acids is 1. The second-order valence-corrected chi connectivity index (χ2v) is 6.07. The van der Waals surface area contributed by atoms with Gasteiger partial charge >= 0.3 is 0 Å². The van der Waals surface area contributed by atoms with Gasteiger partial charge in [0.15, 0.2) is 0 Å². The molecule has 0 aromatic heterocycles. The molecule has 1 amide bonds. The van der Waals surface area contributed by atoms with Gasteiger partial charge in [0.05, 0.1) is 11.8 Å². The summed E-state index contributed by atoms with van der Waals surface area (Å²) >= 11 is 0. The van der Waals surface area contributed by atoms with Crippen LogP contribution in [0.5, 0.6) is 0 Å². The Labute approximate surface area is 125 Å². The Balaban J connectivity index is 2.08. The van der Waals surface area contributed by atoms with Crippen molar-refractivity contribution in [1.82, 2.24) is 0 Å². The molecule has 1 fully saturated rings. The van der Waals surface area contributed by atoms with Gasteiger partial charge in [-0.15, -0.1) is 0 Å². The standard InChI is InChI=1S/C16H23FN2O2/c1-5-21-15-9-14(16(15,3)4)19-13-8-11(18-10(2)20)6-7-12(13)17/h6-8,14-15,19H,5,9H2,1-4H3,(H,18,20). The van der Waals surface area contributed by atoms with Crippen LogP contribution in [-0.4, -0.2) is 24.7 Å². The van der Waals surface area contributed by atoms with Crippen molar-refractivity contribution in [1.29, 1.82) is 0 Å². The molecular formula is C16H23FN2O2. The van der Waals surface area contributed by atoms with E-state index in [1.807, 2.05) is 6.92 Å². The van der Waals surface area contributed by atoms with Crippen LogP contribution in [0.1, 0.15) is 34.1 Å². The molecule has 1 aromatic carbocycles. The van der Waals surface area contributed by atoms with E-state index in [1.54, 1.807) is 12.1 Å². The minimum atomic E-state index is -0.320. The van der Waals surface area contributed by atoms with Crippen molar-refractivity contribution in [3.8, 4) is 0 Å². The van der Waals surface area contributed by atoms with E-state index in [1.165, 1.54) is 13.0 Å². The quantitative estimate of drug-likeness (QED) is 0.875. The minimum absolute atomic E-state index is 0.0491. The third-order valence-electron chi connectivity index (χ3n) is 4.16. The zero-order chi connectivity index (χ0) is 15.6. The number of hydrogen-bond donors (Lipinski definition) is 2. The highest BCUT2D eigenvalue weighted by Crippen LogP contribution is 2.44. The molecule has 1 aliphatic rings. The Morgan fingerprint density at radius 2 is 2.19 bits per heavy atom. The molecule has 2 atom stereocenters. The molecule has 1 aromatic rings. The molecule has 1 aliphatic carbocycles. The first-order valence-corrected chi connectivity index (χ1v) is 7.30. The summed E-state index contributed by atoms with van der Waals surface area (Å²) in [6, 6.07) is 4.69. The van der Waals surface area contributed by atoms with Gasteiger partial charge in [0, 0.05) is 30.7 Å². The molecule has 0 heterocycles. The summed E-state index contributed by atoms with van der Waals surface area (Å²) in [5, 5.41) is 5.89. The first-order chi connectivity index (χ1) is 9.84. The van der Waals surface area contributed by atoms with Crippen molar-refractivity contribution in [2.75, 3.05) is 17.2 Å². The molecular weight excluding hydrogens is 271 g/mol. The van der Waals surface area contributed by atoms with E-state index >= 15 is 0 Å². The van der Waals surface area contributed by atoms with Gasteiger partial charge in [0.1, 0.15) is 5.82 Å². The maximum Gasteiger partial charge on any atom is 0.221 e. The topological polar surface area (TPSA) is 50.4 Å². The normalized spacial score (nSPS) is 23.3. The molecule has 2 rings (SSSR count). The lowest BCUT2D eigenvalue weighted by Crippen LogP contribution is -2.58. The van der Waals surface area contributed by atoms with E-state index in [4.69, 9.17) is 4.74 Å². The molecule has 0 spiro atoms. The average Bonchev–Trinajstić information content (AvgIpc) is 2.40. The van der Waals surface area contributed by atoms with E-state index in [0.717, 1.165) is 6.42 Å². The molecule has 1 saturated carbocycles. The highest BCUT2D eigenvalue weighted by Gasteiger charge is 2.49. The number of carbonyl (C=O) groups is 1. The number of hydrogen-bond acceptors (Lipinski definition) is 3. The fourth-order valence-corrected chi connectivity index (χ4v) is 2.72. The van der Waals surface area contributed by atoms with Crippen LogP contribution in [0.2, 0.25) is 0 Å². The van der Waals surface area contributed by atoms with Crippen molar-refractivity contribution < 1.29 is 13.9 Å². The van der Waals surface area contributed by atoms with Gasteiger partial charge in [-0.3, -0.25) is 4.79 Å². The predicted molar refractivity (Wildman–Crippen MR) is 81.9 cm³/mol. The summed E-state index contributed by atoms with van der Waals surface area (Å²) < 4.78 is 19.6. The van der Waals surface area contributed by atoms with Crippen molar-refractivity contribution in [3.05, 3.63) is 24.0 Å². The molecule has 0 aliphatic heterocycles. The lowest BCUT2D eigenvalue weighted by Gasteiger charge is -2.52. The van der Waals surface area contributed by atoms with E-state index in [9.17, 15) is 9.18 Å². The van der Waals surface area contributed by atoms with Crippen LogP contribution < -0.4 is 10.6 Å². The second kappa shape index (κ2) is 6.02. The van der Waals surface area contributed by atoms with Gasteiger partial charge < -0.3 is 15.4 Å². The third-order valence-corrected chi connectivity index (χ3v) is 4.16. The number of amides is 1. The molecule has 21 heavy (non-hydrogen) atoms. The average molecular weight is 294 g/mol. The Hall–Kier alpha value is -1.62. The highest BCUT2D eigenvalue weighted by atomic mass is 19.1. The van der Waals surface area contributed by atoms with E-state index < -0.39 is 0 Å². The summed E-state index contributed by atoms with van der Waals surface area (Å²) in [4.78, 5) is 11.1. The molecule has 116 valence electrons. The lowest BCUT2D eigenvalue weighted by atomic mass is 9.64. The van der Waals surface area contributed by atoms with Crippen molar-refractivity contribution >= 4 is 17.3 Å². The summed E-state index contributed by atoms with van der Waals surface area (Å²) in [5.41, 5.74) is 0.950. The Bertz CT molecular complexity index is 531. The Kier molecular flexibility index (Phi) is 4.52. The highest BCUT2D eigenvalue weighted by molar-refractivity contribution is 5.89. The van der Waals surface area contributed by atoms with Gasteiger partial charge in [-0.25, -0.2) is 4.39 Å². The van der Waals surface area contributed by atoms with Gasteiger partial charge in [-0.05, 0) is 31.5 Å². The molecule has 0 saturated heterocycles. The lowest BCUT2D eigenvalue weighted by molar-refractivity contribution is -0.114. The van der Waals surface area contributed by atoms with Gasteiger partial charge in [-0.1, -0.05) is 13.8 Å². The van der Waals surface area contributed by atoms with E-state index in [0.29, 0.717) is 18.0 Å². The number of rotatable bonds is 5. The van der Waals surface area contributed by atoms with Gasteiger partial charge in [0.25, 0.3) is 0 Å².